The van der Waals surface area contributed by atoms with Crippen molar-refractivity contribution >= 4 is 15.7 Å². The lowest BCUT2D eigenvalue weighted by atomic mass is 9.83. The molecular weight excluding hydrogens is 412 g/mol. The van der Waals surface area contributed by atoms with Gasteiger partial charge in [0.05, 0.1) is 6.26 Å². The van der Waals surface area contributed by atoms with Gasteiger partial charge in [-0.25, -0.2) is 8.42 Å². The molecule has 0 aromatic heterocycles. The average Bonchev–Trinajstić information content (AvgIpc) is 3.21. The van der Waals surface area contributed by atoms with E-state index in [0.717, 1.165) is 50.8 Å². The Balaban J connectivity index is 1.28. The average molecular weight is 447 g/mol. The Kier molecular flexibility index (Phi) is 7.02. The van der Waals surface area contributed by atoms with E-state index >= 15 is 0 Å². The topological polar surface area (TPSA) is 79.6 Å². The van der Waals surface area contributed by atoms with Gasteiger partial charge in [-0.15, -0.1) is 0 Å². The summed E-state index contributed by atoms with van der Waals surface area (Å²) in [4.78, 5) is 14.5. The number of hydrogen-bond acceptors (Lipinski definition) is 5. The van der Waals surface area contributed by atoms with Gasteiger partial charge < -0.3 is 9.73 Å². The van der Waals surface area contributed by atoms with E-state index in [2.05, 4.69) is 28.4 Å². The zero-order chi connectivity index (χ0) is 21.8. The maximum absolute atomic E-state index is 11.9. The maximum Gasteiger partial charge on any atom is 0.235 e. The highest BCUT2D eigenvalue weighted by molar-refractivity contribution is 7.91. The van der Waals surface area contributed by atoms with Crippen molar-refractivity contribution in [3.63, 3.8) is 0 Å². The molecule has 31 heavy (non-hydrogen) atoms. The number of piperidine rings is 1. The summed E-state index contributed by atoms with van der Waals surface area (Å²) in [5.41, 5.74) is 2.63. The highest BCUT2D eigenvalue weighted by Crippen LogP contribution is 2.39. The number of rotatable bonds is 7. The first-order valence-corrected chi connectivity index (χ1v) is 13.6. The van der Waals surface area contributed by atoms with Crippen LogP contribution in [0.3, 0.4) is 0 Å². The zero-order valence-electron chi connectivity index (χ0n) is 18.4. The fourth-order valence-corrected chi connectivity index (χ4v) is 5.93. The fraction of sp³-hybridized carbons (Fsp3) is 0.625. The highest BCUT2D eigenvalue weighted by Gasteiger charge is 2.29. The van der Waals surface area contributed by atoms with Gasteiger partial charge in [0.1, 0.15) is 11.5 Å². The SMILES string of the molecule is CS(=O)(=O)CC(=O)NC1CCC(CCN2CCCCC2c2ccoc3cccc2-3)CC1. The number of hydrogen-bond donors (Lipinski definition) is 1. The van der Waals surface area contributed by atoms with Gasteiger partial charge >= 0.3 is 0 Å². The van der Waals surface area contributed by atoms with Gasteiger partial charge in [0.2, 0.25) is 5.91 Å². The summed E-state index contributed by atoms with van der Waals surface area (Å²) in [5, 5.41) is 2.91. The van der Waals surface area contributed by atoms with Gasteiger partial charge in [0, 0.05) is 23.9 Å². The lowest BCUT2D eigenvalue weighted by Crippen LogP contribution is -2.41. The van der Waals surface area contributed by atoms with Crippen LogP contribution in [0.1, 0.15) is 63.0 Å². The molecule has 6 nitrogen and oxygen atoms in total. The van der Waals surface area contributed by atoms with Gasteiger partial charge in [-0.05, 0) is 81.6 Å². The second kappa shape index (κ2) is 9.74. The van der Waals surface area contributed by atoms with Crippen molar-refractivity contribution < 1.29 is 17.6 Å². The Morgan fingerprint density at radius 2 is 1.94 bits per heavy atom. The molecule has 1 atom stereocenters. The molecule has 2 heterocycles. The van der Waals surface area contributed by atoms with E-state index in [-0.39, 0.29) is 11.9 Å². The number of sulfone groups is 1. The molecule has 1 N–H and O–H groups in total. The Hall–Kier alpha value is -1.86. The normalized spacial score (nSPS) is 25.5. The van der Waals surface area contributed by atoms with Crippen LogP contribution in [0.25, 0.3) is 11.3 Å². The molecule has 1 amide bonds. The third-order valence-electron chi connectivity index (χ3n) is 6.93. The van der Waals surface area contributed by atoms with Crippen LogP contribution in [0.15, 0.2) is 34.9 Å². The number of likely N-dealkylation sites (tertiary alicyclic amines) is 1. The van der Waals surface area contributed by atoms with E-state index < -0.39 is 15.6 Å². The molecule has 0 aromatic rings. The molecule has 0 bridgehead atoms. The van der Waals surface area contributed by atoms with Crippen molar-refractivity contribution in [2.24, 2.45) is 5.92 Å². The van der Waals surface area contributed by atoms with Crippen LogP contribution >= 0.6 is 0 Å². The minimum atomic E-state index is -3.27. The summed E-state index contributed by atoms with van der Waals surface area (Å²) in [6.07, 6.45) is 11.9. The van der Waals surface area contributed by atoms with Gasteiger partial charge in [-0.1, -0.05) is 18.6 Å². The first-order valence-electron chi connectivity index (χ1n) is 11.6. The highest BCUT2D eigenvalue weighted by atomic mass is 32.2. The smallest absolute Gasteiger partial charge is 0.235 e. The largest absolute Gasteiger partial charge is 0.464 e. The van der Waals surface area contributed by atoms with E-state index in [4.69, 9.17) is 4.42 Å². The lowest BCUT2D eigenvalue weighted by Gasteiger charge is -2.38. The van der Waals surface area contributed by atoms with Gasteiger partial charge in [0.25, 0.3) is 0 Å². The molecule has 4 rings (SSSR count). The first kappa shape index (κ1) is 22.3. The Morgan fingerprint density at radius 1 is 1.13 bits per heavy atom. The number of fused-ring (bicyclic) bond motifs is 1. The predicted molar refractivity (Wildman–Crippen MR) is 122 cm³/mol. The van der Waals surface area contributed by atoms with E-state index in [9.17, 15) is 13.2 Å². The van der Waals surface area contributed by atoms with E-state index in [1.807, 2.05) is 12.3 Å². The van der Waals surface area contributed by atoms with Crippen LogP contribution in [0.4, 0.5) is 0 Å². The Morgan fingerprint density at radius 3 is 2.71 bits per heavy atom. The molecule has 0 spiro atoms. The van der Waals surface area contributed by atoms with Crippen molar-refractivity contribution in [3.8, 4) is 11.3 Å². The van der Waals surface area contributed by atoms with Crippen LogP contribution in [-0.4, -0.2) is 50.4 Å². The molecule has 2 fully saturated rings. The van der Waals surface area contributed by atoms with Crippen molar-refractivity contribution in [3.05, 3.63) is 36.1 Å². The van der Waals surface area contributed by atoms with Crippen molar-refractivity contribution in [2.75, 3.05) is 25.1 Å². The van der Waals surface area contributed by atoms with Crippen molar-refractivity contribution in [2.45, 2.75) is 63.5 Å². The summed E-state index contributed by atoms with van der Waals surface area (Å²) in [6.45, 7) is 2.25. The minimum Gasteiger partial charge on any atom is -0.464 e. The molecule has 1 saturated carbocycles. The summed E-state index contributed by atoms with van der Waals surface area (Å²) in [6, 6.07) is 9.00. The van der Waals surface area contributed by atoms with E-state index in [0.29, 0.717) is 12.0 Å². The third kappa shape index (κ3) is 5.89. The molecule has 0 radical (unpaired) electrons. The molecule has 2 aliphatic heterocycles. The number of amides is 1. The van der Waals surface area contributed by atoms with E-state index in [1.165, 1.54) is 36.8 Å². The van der Waals surface area contributed by atoms with E-state index in [1.54, 1.807) is 0 Å². The predicted octanol–water partition coefficient (Wildman–Crippen LogP) is 4.02. The lowest BCUT2D eigenvalue weighted by molar-refractivity contribution is -0.119. The third-order valence-corrected chi connectivity index (χ3v) is 7.72. The van der Waals surface area contributed by atoms with Crippen molar-refractivity contribution in [1.82, 2.24) is 10.2 Å². The fourth-order valence-electron chi connectivity index (χ4n) is 5.37. The van der Waals surface area contributed by atoms with Gasteiger partial charge in [0.15, 0.2) is 9.84 Å². The molecular formula is C24H34N2O4S. The molecule has 170 valence electrons. The Labute approximate surface area is 185 Å². The van der Waals surface area contributed by atoms with Crippen LogP contribution in [0, 0.1) is 5.92 Å². The van der Waals surface area contributed by atoms with Gasteiger partial charge in [-0.2, -0.15) is 0 Å². The number of nitrogens with zero attached hydrogens (tertiary/aromatic N) is 1. The zero-order valence-corrected chi connectivity index (χ0v) is 19.2. The molecule has 1 unspecified atom stereocenters. The van der Waals surface area contributed by atoms with Crippen LogP contribution in [-0.2, 0) is 14.6 Å². The molecule has 0 aromatic carbocycles. The van der Waals surface area contributed by atoms with Crippen LogP contribution in [0.5, 0.6) is 0 Å². The second-order valence-electron chi connectivity index (χ2n) is 9.37. The summed E-state index contributed by atoms with van der Waals surface area (Å²) in [5.74, 6) is 0.873. The molecule has 7 heteroatoms. The summed E-state index contributed by atoms with van der Waals surface area (Å²) >= 11 is 0. The number of carbonyl (C=O) groups excluding carboxylic acids is 1. The molecule has 1 saturated heterocycles. The monoisotopic (exact) mass is 446 g/mol. The summed E-state index contributed by atoms with van der Waals surface area (Å²) in [7, 11) is -3.27. The van der Waals surface area contributed by atoms with Crippen LogP contribution in [0.2, 0.25) is 0 Å². The first-order chi connectivity index (χ1) is 14.9. The maximum atomic E-state index is 11.9. The summed E-state index contributed by atoms with van der Waals surface area (Å²) < 4.78 is 28.2. The minimum absolute atomic E-state index is 0.118. The Bertz CT molecular complexity index is 946. The number of carbonyl (C=O) groups is 1. The molecule has 4 aliphatic rings. The van der Waals surface area contributed by atoms with Gasteiger partial charge in [-0.3, -0.25) is 9.69 Å². The number of nitrogens with one attached hydrogen (secondary N) is 1. The standard InChI is InChI=1S/C24H34N2O4S/c1-31(28,29)17-24(27)25-19-10-8-18(9-11-19)12-15-26-14-3-2-6-22(26)20-13-16-30-23-7-4-5-21(20)23/h4-5,7,13,16,18-19,22H,2-3,6,8-12,14-15,17H2,1H3,(H,25,27). The molecule has 2 aliphatic carbocycles. The van der Waals surface area contributed by atoms with Crippen molar-refractivity contribution in [1.29, 1.82) is 0 Å². The second-order valence-corrected chi connectivity index (χ2v) is 11.5. The van der Waals surface area contributed by atoms with Crippen LogP contribution < -0.4 is 5.32 Å². The quantitative estimate of drug-likeness (QED) is 0.695.